The van der Waals surface area contributed by atoms with Crippen LogP contribution in [0.15, 0.2) is 12.1 Å². The van der Waals surface area contributed by atoms with Crippen LogP contribution < -0.4 is 15.2 Å². The summed E-state index contributed by atoms with van der Waals surface area (Å²) in [4.78, 5) is 10.5. The molecular formula is C11H14N2O4. The van der Waals surface area contributed by atoms with Crippen LogP contribution in [0.3, 0.4) is 0 Å². The van der Waals surface area contributed by atoms with Gasteiger partial charge in [0.25, 0.3) is 0 Å². The molecule has 0 saturated carbocycles. The molecule has 0 saturated heterocycles. The number of nitro groups is 1. The van der Waals surface area contributed by atoms with E-state index in [-0.39, 0.29) is 11.4 Å². The van der Waals surface area contributed by atoms with E-state index in [1.807, 2.05) is 0 Å². The number of nitrogens with zero attached hydrogens (tertiary/aromatic N) is 1. The number of rotatable bonds is 2. The van der Waals surface area contributed by atoms with E-state index in [4.69, 9.17) is 15.2 Å². The number of nitrogens with two attached hydrogens (primary N) is 1. The van der Waals surface area contributed by atoms with Gasteiger partial charge in [-0.25, -0.2) is 0 Å². The zero-order chi connectivity index (χ0) is 12.6. The predicted octanol–water partition coefficient (Wildman–Crippen LogP) is 1.56. The Labute approximate surface area is 98.5 Å². The summed E-state index contributed by atoms with van der Waals surface area (Å²) in [6.07, 6.45) is 0. The third-order valence-corrected chi connectivity index (χ3v) is 2.56. The van der Waals surface area contributed by atoms with E-state index < -0.39 is 10.5 Å². The van der Waals surface area contributed by atoms with Crippen molar-refractivity contribution in [2.75, 3.05) is 13.2 Å². The standard InChI is InChI=1S/C11H14N2O4/c1-11(2,12)7-5-8(13(14)15)10-9(6-7)16-3-4-17-10/h5-6H,3-4,12H2,1-2H3. The highest BCUT2D eigenvalue weighted by atomic mass is 16.6. The lowest BCUT2D eigenvalue weighted by Crippen LogP contribution is -2.29. The van der Waals surface area contributed by atoms with Crippen molar-refractivity contribution in [2.24, 2.45) is 5.73 Å². The Morgan fingerprint density at radius 2 is 2.00 bits per heavy atom. The maximum absolute atomic E-state index is 11.0. The van der Waals surface area contributed by atoms with Crippen LogP contribution in [-0.4, -0.2) is 18.1 Å². The highest BCUT2D eigenvalue weighted by Crippen LogP contribution is 2.41. The summed E-state index contributed by atoms with van der Waals surface area (Å²) in [7, 11) is 0. The molecule has 0 radical (unpaired) electrons. The lowest BCUT2D eigenvalue weighted by Gasteiger charge is -2.23. The van der Waals surface area contributed by atoms with Crippen LogP contribution >= 0.6 is 0 Å². The number of nitro benzene ring substituents is 1. The predicted molar refractivity (Wildman–Crippen MR) is 61.3 cm³/mol. The molecule has 0 spiro atoms. The van der Waals surface area contributed by atoms with Crippen LogP contribution in [0, 0.1) is 10.1 Å². The topological polar surface area (TPSA) is 87.6 Å². The van der Waals surface area contributed by atoms with Gasteiger partial charge in [0.05, 0.1) is 4.92 Å². The molecule has 92 valence electrons. The third-order valence-electron chi connectivity index (χ3n) is 2.56. The van der Waals surface area contributed by atoms with Crippen LogP contribution in [0.1, 0.15) is 19.4 Å². The van der Waals surface area contributed by atoms with Crippen molar-refractivity contribution in [3.63, 3.8) is 0 Å². The minimum atomic E-state index is -0.666. The molecule has 2 rings (SSSR count). The molecule has 0 aliphatic carbocycles. The summed E-state index contributed by atoms with van der Waals surface area (Å²) in [5, 5.41) is 11.0. The molecule has 6 nitrogen and oxygen atoms in total. The number of hydrogen-bond donors (Lipinski definition) is 1. The maximum Gasteiger partial charge on any atom is 0.315 e. The van der Waals surface area contributed by atoms with Crippen molar-refractivity contribution in [2.45, 2.75) is 19.4 Å². The summed E-state index contributed by atoms with van der Waals surface area (Å²) in [6.45, 7) is 4.27. The van der Waals surface area contributed by atoms with Gasteiger partial charge in [-0.1, -0.05) is 0 Å². The summed E-state index contributed by atoms with van der Waals surface area (Å²) in [5.74, 6) is 0.577. The van der Waals surface area contributed by atoms with E-state index in [2.05, 4.69) is 0 Å². The molecule has 6 heteroatoms. The van der Waals surface area contributed by atoms with Gasteiger partial charge in [0.1, 0.15) is 13.2 Å². The van der Waals surface area contributed by atoms with Gasteiger partial charge in [-0.15, -0.1) is 0 Å². The molecule has 1 aromatic rings. The fraction of sp³-hybridized carbons (Fsp3) is 0.455. The maximum atomic E-state index is 11.0. The Morgan fingerprint density at radius 3 is 2.59 bits per heavy atom. The average Bonchev–Trinajstić information content (AvgIpc) is 2.26. The van der Waals surface area contributed by atoms with Gasteiger partial charge in [-0.05, 0) is 25.5 Å². The molecule has 1 aliphatic heterocycles. The monoisotopic (exact) mass is 238 g/mol. The fourth-order valence-electron chi connectivity index (χ4n) is 1.64. The Bertz CT molecular complexity index is 465. The van der Waals surface area contributed by atoms with Crippen molar-refractivity contribution < 1.29 is 14.4 Å². The zero-order valence-corrected chi connectivity index (χ0v) is 9.73. The zero-order valence-electron chi connectivity index (χ0n) is 9.73. The molecule has 1 aromatic carbocycles. The molecular weight excluding hydrogens is 224 g/mol. The Morgan fingerprint density at radius 1 is 1.35 bits per heavy atom. The van der Waals surface area contributed by atoms with E-state index in [9.17, 15) is 10.1 Å². The highest BCUT2D eigenvalue weighted by molar-refractivity contribution is 5.59. The van der Waals surface area contributed by atoms with Gasteiger partial charge >= 0.3 is 5.69 Å². The lowest BCUT2D eigenvalue weighted by molar-refractivity contribution is -0.386. The van der Waals surface area contributed by atoms with Gasteiger partial charge in [0.2, 0.25) is 5.75 Å². The van der Waals surface area contributed by atoms with E-state index in [1.165, 1.54) is 6.07 Å². The van der Waals surface area contributed by atoms with Crippen molar-refractivity contribution >= 4 is 5.69 Å². The largest absolute Gasteiger partial charge is 0.486 e. The molecule has 1 aliphatic rings. The first kappa shape index (κ1) is 11.7. The van der Waals surface area contributed by atoms with Gasteiger partial charge in [-0.2, -0.15) is 0 Å². The second-order valence-corrected chi connectivity index (χ2v) is 4.50. The molecule has 0 amide bonds. The first-order valence-electron chi connectivity index (χ1n) is 5.27. The Hall–Kier alpha value is -1.82. The van der Waals surface area contributed by atoms with E-state index in [1.54, 1.807) is 19.9 Å². The van der Waals surface area contributed by atoms with E-state index in [0.29, 0.717) is 24.5 Å². The molecule has 0 bridgehead atoms. The summed E-state index contributed by atoms with van der Waals surface area (Å²) in [5.41, 5.74) is 5.82. The average molecular weight is 238 g/mol. The second-order valence-electron chi connectivity index (χ2n) is 4.50. The van der Waals surface area contributed by atoms with Crippen molar-refractivity contribution in [3.8, 4) is 11.5 Å². The quantitative estimate of drug-likeness (QED) is 0.624. The highest BCUT2D eigenvalue weighted by Gasteiger charge is 2.28. The van der Waals surface area contributed by atoms with Crippen molar-refractivity contribution in [1.82, 2.24) is 0 Å². The van der Waals surface area contributed by atoms with Gasteiger partial charge < -0.3 is 15.2 Å². The van der Waals surface area contributed by atoms with Crippen LogP contribution in [0.4, 0.5) is 5.69 Å². The SMILES string of the molecule is CC(C)(N)c1cc2c(c([N+](=O)[O-])c1)OCCO2. The van der Waals surface area contributed by atoms with E-state index in [0.717, 1.165) is 0 Å². The smallest absolute Gasteiger partial charge is 0.315 e. The van der Waals surface area contributed by atoms with Crippen molar-refractivity contribution in [1.29, 1.82) is 0 Å². The minimum absolute atomic E-state index is 0.101. The molecule has 1 heterocycles. The second kappa shape index (κ2) is 3.89. The van der Waals surface area contributed by atoms with Crippen LogP contribution in [0.5, 0.6) is 11.5 Å². The van der Waals surface area contributed by atoms with E-state index >= 15 is 0 Å². The molecule has 0 fully saturated rings. The summed E-state index contributed by atoms with van der Waals surface area (Å²) >= 11 is 0. The van der Waals surface area contributed by atoms with Gasteiger partial charge in [0.15, 0.2) is 5.75 Å². The fourth-order valence-corrected chi connectivity index (χ4v) is 1.64. The first-order chi connectivity index (χ1) is 7.89. The van der Waals surface area contributed by atoms with Crippen LogP contribution in [0.25, 0.3) is 0 Å². The third kappa shape index (κ3) is 2.16. The minimum Gasteiger partial charge on any atom is -0.486 e. The molecule has 17 heavy (non-hydrogen) atoms. The first-order valence-corrected chi connectivity index (χ1v) is 5.27. The summed E-state index contributed by atoms with van der Waals surface area (Å²) in [6, 6.07) is 3.13. The Kier molecular flexibility index (Phi) is 2.66. The lowest BCUT2D eigenvalue weighted by atomic mass is 9.94. The van der Waals surface area contributed by atoms with Crippen LogP contribution in [-0.2, 0) is 5.54 Å². The number of ether oxygens (including phenoxy) is 2. The van der Waals surface area contributed by atoms with Gasteiger partial charge in [-0.3, -0.25) is 10.1 Å². The summed E-state index contributed by atoms with van der Waals surface area (Å²) < 4.78 is 10.6. The molecule has 0 aromatic heterocycles. The normalized spacial score (nSPS) is 14.5. The number of fused-ring (bicyclic) bond motifs is 1. The number of hydrogen-bond acceptors (Lipinski definition) is 5. The number of benzene rings is 1. The Balaban J connectivity index is 2.60. The molecule has 2 N–H and O–H groups in total. The van der Waals surface area contributed by atoms with Crippen molar-refractivity contribution in [3.05, 3.63) is 27.8 Å². The van der Waals surface area contributed by atoms with Gasteiger partial charge in [0, 0.05) is 11.6 Å². The molecule has 0 atom stereocenters. The molecule has 0 unspecified atom stereocenters. The van der Waals surface area contributed by atoms with Crippen LogP contribution in [0.2, 0.25) is 0 Å².